The molecule has 16 heavy (non-hydrogen) atoms. The van der Waals surface area contributed by atoms with E-state index in [0.29, 0.717) is 11.7 Å². The Bertz CT molecular complexity index is 372. The van der Waals surface area contributed by atoms with Gasteiger partial charge < -0.3 is 10.4 Å². The Morgan fingerprint density at radius 1 is 1.38 bits per heavy atom. The van der Waals surface area contributed by atoms with Crippen molar-refractivity contribution in [1.29, 1.82) is 0 Å². The molecule has 0 unspecified atom stereocenters. The minimum atomic E-state index is 0.474. The second-order valence-corrected chi connectivity index (χ2v) is 5.54. The molecular formula is C13H18BrNO. The van der Waals surface area contributed by atoms with Crippen LogP contribution in [0, 0.1) is 12.8 Å². The molecule has 1 saturated heterocycles. The molecule has 0 aliphatic carbocycles. The Morgan fingerprint density at radius 3 is 2.75 bits per heavy atom. The van der Waals surface area contributed by atoms with Crippen LogP contribution in [0.25, 0.3) is 0 Å². The summed E-state index contributed by atoms with van der Waals surface area (Å²) in [6.45, 7) is 4.17. The highest BCUT2D eigenvalue weighted by molar-refractivity contribution is 9.10. The Balaban J connectivity index is 2.13. The van der Waals surface area contributed by atoms with Crippen LogP contribution >= 0.6 is 15.9 Å². The summed E-state index contributed by atoms with van der Waals surface area (Å²) in [4.78, 5) is 0. The van der Waals surface area contributed by atoms with Gasteiger partial charge >= 0.3 is 0 Å². The molecule has 2 N–H and O–H groups in total. The fourth-order valence-corrected chi connectivity index (χ4v) is 2.98. The Morgan fingerprint density at radius 2 is 2.06 bits per heavy atom. The van der Waals surface area contributed by atoms with Gasteiger partial charge in [-0.15, -0.1) is 0 Å². The molecule has 0 radical (unpaired) electrons. The van der Waals surface area contributed by atoms with Gasteiger partial charge in [0.1, 0.15) is 5.75 Å². The van der Waals surface area contributed by atoms with Crippen molar-refractivity contribution in [3.05, 3.63) is 27.7 Å². The van der Waals surface area contributed by atoms with E-state index in [1.165, 1.54) is 12.8 Å². The SMILES string of the molecule is Cc1cc(Br)cc(CC2CCNCC2)c1O. The summed E-state index contributed by atoms with van der Waals surface area (Å²) < 4.78 is 1.06. The Labute approximate surface area is 105 Å². The average Bonchev–Trinajstić information content (AvgIpc) is 2.27. The summed E-state index contributed by atoms with van der Waals surface area (Å²) in [6, 6.07) is 4.01. The van der Waals surface area contributed by atoms with E-state index in [-0.39, 0.29) is 0 Å². The minimum absolute atomic E-state index is 0.474. The number of piperidine rings is 1. The fourth-order valence-electron chi connectivity index (χ4n) is 2.36. The van der Waals surface area contributed by atoms with E-state index in [1.807, 2.05) is 19.1 Å². The zero-order chi connectivity index (χ0) is 11.5. The normalized spacial score (nSPS) is 17.6. The molecule has 0 saturated carbocycles. The fraction of sp³-hybridized carbons (Fsp3) is 0.538. The molecule has 2 rings (SSSR count). The van der Waals surface area contributed by atoms with E-state index in [0.717, 1.165) is 35.1 Å². The molecule has 0 bridgehead atoms. The highest BCUT2D eigenvalue weighted by Gasteiger charge is 2.16. The highest BCUT2D eigenvalue weighted by atomic mass is 79.9. The first-order valence-electron chi connectivity index (χ1n) is 5.85. The van der Waals surface area contributed by atoms with E-state index in [4.69, 9.17) is 0 Å². The molecule has 0 atom stereocenters. The van der Waals surface area contributed by atoms with Crippen LogP contribution in [-0.4, -0.2) is 18.2 Å². The molecule has 88 valence electrons. The number of hydrogen-bond acceptors (Lipinski definition) is 2. The largest absolute Gasteiger partial charge is 0.507 e. The van der Waals surface area contributed by atoms with Crippen LogP contribution in [-0.2, 0) is 6.42 Å². The summed E-state index contributed by atoms with van der Waals surface area (Å²) in [6.07, 6.45) is 3.42. The maximum atomic E-state index is 10.0. The summed E-state index contributed by atoms with van der Waals surface area (Å²) >= 11 is 3.49. The molecule has 0 spiro atoms. The Hall–Kier alpha value is -0.540. The van der Waals surface area contributed by atoms with Crippen molar-refractivity contribution in [2.24, 2.45) is 5.92 Å². The molecule has 1 heterocycles. The second kappa shape index (κ2) is 5.19. The third kappa shape index (κ3) is 2.77. The van der Waals surface area contributed by atoms with Gasteiger partial charge in [-0.3, -0.25) is 0 Å². The predicted octanol–water partition coefficient (Wildman–Crippen LogP) is 3.01. The molecular weight excluding hydrogens is 266 g/mol. The van der Waals surface area contributed by atoms with Crippen LogP contribution in [0.15, 0.2) is 16.6 Å². The summed E-state index contributed by atoms with van der Waals surface area (Å²) in [5.41, 5.74) is 2.04. The summed E-state index contributed by atoms with van der Waals surface area (Å²) in [7, 11) is 0. The van der Waals surface area contributed by atoms with Crippen molar-refractivity contribution >= 4 is 15.9 Å². The van der Waals surface area contributed by atoms with Crippen LogP contribution < -0.4 is 5.32 Å². The van der Waals surface area contributed by atoms with E-state index < -0.39 is 0 Å². The van der Waals surface area contributed by atoms with Crippen molar-refractivity contribution < 1.29 is 5.11 Å². The first-order chi connectivity index (χ1) is 7.66. The number of phenolic OH excluding ortho intramolecular Hbond substituents is 1. The number of aromatic hydroxyl groups is 1. The molecule has 0 amide bonds. The van der Waals surface area contributed by atoms with Crippen LogP contribution in [0.2, 0.25) is 0 Å². The first-order valence-corrected chi connectivity index (χ1v) is 6.65. The van der Waals surface area contributed by atoms with Gasteiger partial charge in [0.2, 0.25) is 0 Å². The smallest absolute Gasteiger partial charge is 0.121 e. The zero-order valence-corrected chi connectivity index (χ0v) is 11.2. The van der Waals surface area contributed by atoms with Gasteiger partial charge in [0.15, 0.2) is 0 Å². The molecule has 3 heteroatoms. The topological polar surface area (TPSA) is 32.3 Å². The van der Waals surface area contributed by atoms with Crippen LogP contribution in [0.4, 0.5) is 0 Å². The van der Waals surface area contributed by atoms with Gasteiger partial charge in [-0.2, -0.15) is 0 Å². The molecule has 1 aliphatic rings. The molecule has 1 fully saturated rings. The van der Waals surface area contributed by atoms with Crippen molar-refractivity contribution in [1.82, 2.24) is 5.32 Å². The van der Waals surface area contributed by atoms with Crippen molar-refractivity contribution in [3.63, 3.8) is 0 Å². The van der Waals surface area contributed by atoms with Crippen LogP contribution in [0.5, 0.6) is 5.75 Å². The van der Waals surface area contributed by atoms with Crippen molar-refractivity contribution in [2.75, 3.05) is 13.1 Å². The lowest BCUT2D eigenvalue weighted by Gasteiger charge is -2.23. The first kappa shape index (κ1) is 11.9. The summed E-state index contributed by atoms with van der Waals surface area (Å²) in [5, 5.41) is 13.4. The number of hydrogen-bond donors (Lipinski definition) is 2. The molecule has 1 aromatic rings. The van der Waals surface area contributed by atoms with Gasteiger partial charge in [-0.25, -0.2) is 0 Å². The quantitative estimate of drug-likeness (QED) is 0.875. The molecule has 2 nitrogen and oxygen atoms in total. The van der Waals surface area contributed by atoms with Gasteiger partial charge in [-0.1, -0.05) is 15.9 Å². The van der Waals surface area contributed by atoms with Crippen LogP contribution in [0.3, 0.4) is 0 Å². The maximum Gasteiger partial charge on any atom is 0.121 e. The van der Waals surface area contributed by atoms with Gasteiger partial charge in [-0.05, 0) is 68.5 Å². The number of nitrogens with one attached hydrogen (secondary N) is 1. The third-order valence-corrected chi connectivity index (χ3v) is 3.77. The lowest BCUT2D eigenvalue weighted by molar-refractivity contribution is 0.366. The zero-order valence-electron chi connectivity index (χ0n) is 9.59. The summed E-state index contributed by atoms with van der Waals surface area (Å²) in [5.74, 6) is 1.18. The van der Waals surface area contributed by atoms with E-state index >= 15 is 0 Å². The minimum Gasteiger partial charge on any atom is -0.507 e. The van der Waals surface area contributed by atoms with Crippen molar-refractivity contribution in [2.45, 2.75) is 26.2 Å². The van der Waals surface area contributed by atoms with Gasteiger partial charge in [0, 0.05) is 4.47 Å². The maximum absolute atomic E-state index is 10.0. The number of benzene rings is 1. The van der Waals surface area contributed by atoms with Gasteiger partial charge in [0.25, 0.3) is 0 Å². The number of phenols is 1. The third-order valence-electron chi connectivity index (χ3n) is 3.31. The van der Waals surface area contributed by atoms with E-state index in [2.05, 4.69) is 21.2 Å². The predicted molar refractivity (Wildman–Crippen MR) is 69.8 cm³/mol. The van der Waals surface area contributed by atoms with Crippen molar-refractivity contribution in [3.8, 4) is 5.75 Å². The molecule has 1 aliphatic heterocycles. The lowest BCUT2D eigenvalue weighted by atomic mass is 9.90. The molecule has 0 aromatic heterocycles. The molecule has 1 aromatic carbocycles. The van der Waals surface area contributed by atoms with E-state index in [1.54, 1.807) is 0 Å². The highest BCUT2D eigenvalue weighted by Crippen LogP contribution is 2.30. The number of rotatable bonds is 2. The lowest BCUT2D eigenvalue weighted by Crippen LogP contribution is -2.28. The van der Waals surface area contributed by atoms with Gasteiger partial charge in [0.05, 0.1) is 0 Å². The van der Waals surface area contributed by atoms with Crippen LogP contribution in [0.1, 0.15) is 24.0 Å². The average molecular weight is 284 g/mol. The Kier molecular flexibility index (Phi) is 3.87. The number of aryl methyl sites for hydroxylation is 1. The number of halogens is 1. The standard InChI is InChI=1S/C13H18BrNO/c1-9-6-12(14)8-11(13(9)16)7-10-2-4-15-5-3-10/h6,8,10,15-16H,2-5,7H2,1H3. The second-order valence-electron chi connectivity index (χ2n) is 4.63. The van der Waals surface area contributed by atoms with E-state index in [9.17, 15) is 5.11 Å². The monoisotopic (exact) mass is 283 g/mol.